The molecule has 0 saturated carbocycles. The van der Waals surface area contributed by atoms with Crippen molar-refractivity contribution in [3.63, 3.8) is 0 Å². The van der Waals surface area contributed by atoms with Gasteiger partial charge in [-0.15, -0.1) is 0 Å². The van der Waals surface area contributed by atoms with Crippen LogP contribution in [0.3, 0.4) is 0 Å². The summed E-state index contributed by atoms with van der Waals surface area (Å²) in [6, 6.07) is 5.77. The van der Waals surface area contributed by atoms with Gasteiger partial charge in [0.05, 0.1) is 12.6 Å². The summed E-state index contributed by atoms with van der Waals surface area (Å²) in [5.74, 6) is 0. The molecule has 2 N–H and O–H groups in total. The number of nitrogens with one attached hydrogen (secondary N) is 1. The van der Waals surface area contributed by atoms with E-state index >= 15 is 0 Å². The Balaban J connectivity index is 2.21. The summed E-state index contributed by atoms with van der Waals surface area (Å²) in [5.41, 5.74) is 1.10. The molecule has 0 unspecified atom stereocenters. The van der Waals surface area contributed by atoms with Gasteiger partial charge in [-0.25, -0.2) is 0 Å². The van der Waals surface area contributed by atoms with Crippen LogP contribution >= 0.6 is 27.5 Å². The van der Waals surface area contributed by atoms with E-state index < -0.39 is 0 Å². The minimum absolute atomic E-state index is 0.0451. The maximum Gasteiger partial charge on any atom is 0.0629 e. The molecule has 1 aliphatic rings. The number of benzene rings is 1. The van der Waals surface area contributed by atoms with Crippen molar-refractivity contribution < 1.29 is 5.11 Å². The molecule has 0 spiro atoms. The van der Waals surface area contributed by atoms with Crippen molar-refractivity contribution in [3.8, 4) is 0 Å². The van der Waals surface area contributed by atoms with E-state index in [1.807, 2.05) is 18.2 Å². The Kier molecular flexibility index (Phi) is 4.82. The van der Waals surface area contributed by atoms with Gasteiger partial charge in [-0.2, -0.15) is 0 Å². The number of halogens is 2. The largest absolute Gasteiger partial charge is 0.394 e. The average molecular weight is 320 g/mol. The van der Waals surface area contributed by atoms with Gasteiger partial charge < -0.3 is 10.4 Å². The fourth-order valence-corrected chi connectivity index (χ4v) is 3.12. The number of nitrogens with zero attached hydrogens (tertiary/aromatic N) is 1. The topological polar surface area (TPSA) is 35.5 Å². The van der Waals surface area contributed by atoms with Gasteiger partial charge in [0.25, 0.3) is 0 Å². The van der Waals surface area contributed by atoms with Crippen LogP contribution in [-0.4, -0.2) is 42.8 Å². The van der Waals surface area contributed by atoms with Crippen molar-refractivity contribution in [2.45, 2.75) is 6.04 Å². The predicted octanol–water partition coefficient (Wildman–Crippen LogP) is 2.04. The van der Waals surface area contributed by atoms with Gasteiger partial charge in [-0.05, 0) is 17.7 Å². The number of aliphatic hydroxyl groups is 1. The molecule has 1 saturated heterocycles. The normalized spacial score (nSPS) is 19.2. The second kappa shape index (κ2) is 6.16. The van der Waals surface area contributed by atoms with Crippen molar-refractivity contribution >= 4 is 27.5 Å². The molecule has 2 rings (SSSR count). The maximum absolute atomic E-state index is 9.61. The van der Waals surface area contributed by atoms with Gasteiger partial charge in [-0.1, -0.05) is 33.6 Å². The van der Waals surface area contributed by atoms with E-state index in [-0.39, 0.29) is 12.6 Å². The van der Waals surface area contributed by atoms with Crippen molar-refractivity contribution in [1.82, 2.24) is 10.2 Å². The SMILES string of the molecule is OC[C@H](c1ccc(Cl)cc1Br)N1CCNCC1. The second-order valence-electron chi connectivity index (χ2n) is 4.15. The molecule has 3 nitrogen and oxygen atoms in total. The monoisotopic (exact) mass is 318 g/mol. The molecule has 1 heterocycles. The van der Waals surface area contributed by atoms with Crippen LogP contribution in [0.25, 0.3) is 0 Å². The predicted molar refractivity (Wildman–Crippen MR) is 73.4 cm³/mol. The molecule has 1 aromatic carbocycles. The maximum atomic E-state index is 9.61. The first-order chi connectivity index (χ1) is 8.22. The number of aliphatic hydroxyl groups excluding tert-OH is 1. The first-order valence-electron chi connectivity index (χ1n) is 5.73. The van der Waals surface area contributed by atoms with Crippen LogP contribution in [0.15, 0.2) is 22.7 Å². The zero-order valence-electron chi connectivity index (χ0n) is 9.50. The molecule has 5 heteroatoms. The lowest BCUT2D eigenvalue weighted by Crippen LogP contribution is -2.46. The first-order valence-corrected chi connectivity index (χ1v) is 6.90. The Morgan fingerprint density at radius 1 is 1.41 bits per heavy atom. The summed E-state index contributed by atoms with van der Waals surface area (Å²) < 4.78 is 0.961. The Hall–Kier alpha value is -0.130. The van der Waals surface area contributed by atoms with Crippen LogP contribution in [0.1, 0.15) is 11.6 Å². The van der Waals surface area contributed by atoms with Crippen LogP contribution in [0.4, 0.5) is 0 Å². The highest BCUT2D eigenvalue weighted by molar-refractivity contribution is 9.10. The first kappa shape index (κ1) is 13.3. The Morgan fingerprint density at radius 2 is 2.12 bits per heavy atom. The zero-order chi connectivity index (χ0) is 12.3. The third kappa shape index (κ3) is 3.20. The van der Waals surface area contributed by atoms with Crippen LogP contribution < -0.4 is 5.32 Å². The van der Waals surface area contributed by atoms with Gasteiger partial charge in [0.1, 0.15) is 0 Å². The van der Waals surface area contributed by atoms with Crippen LogP contribution in [-0.2, 0) is 0 Å². The minimum atomic E-state index is 0.0451. The summed E-state index contributed by atoms with van der Waals surface area (Å²) in [6.07, 6.45) is 0. The van der Waals surface area contributed by atoms with E-state index in [2.05, 4.69) is 26.1 Å². The lowest BCUT2D eigenvalue weighted by molar-refractivity contribution is 0.110. The molecule has 0 amide bonds. The number of hydrogen-bond acceptors (Lipinski definition) is 3. The molecule has 1 atom stereocenters. The zero-order valence-corrected chi connectivity index (χ0v) is 11.8. The Bertz CT molecular complexity index is 383. The van der Waals surface area contributed by atoms with Gasteiger partial charge in [0.2, 0.25) is 0 Å². The lowest BCUT2D eigenvalue weighted by Gasteiger charge is -2.34. The second-order valence-corrected chi connectivity index (χ2v) is 5.44. The summed E-state index contributed by atoms with van der Waals surface area (Å²) in [5, 5.41) is 13.6. The van der Waals surface area contributed by atoms with Crippen molar-refractivity contribution in [1.29, 1.82) is 0 Å². The molecular weight excluding hydrogens is 304 g/mol. The van der Waals surface area contributed by atoms with Gasteiger partial charge in [0.15, 0.2) is 0 Å². The summed E-state index contributed by atoms with van der Waals surface area (Å²) >= 11 is 9.45. The molecular formula is C12H16BrClN2O. The molecule has 1 aromatic rings. The standard InChI is InChI=1S/C12H16BrClN2O/c13-11-7-9(14)1-2-10(11)12(8-17)16-5-3-15-4-6-16/h1-2,7,12,15,17H,3-6,8H2/t12-/m1/s1. The third-order valence-corrected chi connectivity index (χ3v) is 4.01. The average Bonchev–Trinajstić information content (AvgIpc) is 2.34. The fraction of sp³-hybridized carbons (Fsp3) is 0.500. The highest BCUT2D eigenvalue weighted by Crippen LogP contribution is 2.30. The van der Waals surface area contributed by atoms with E-state index in [9.17, 15) is 5.11 Å². The Labute approximate surface area is 115 Å². The third-order valence-electron chi connectivity index (χ3n) is 3.09. The highest BCUT2D eigenvalue weighted by Gasteiger charge is 2.23. The molecule has 17 heavy (non-hydrogen) atoms. The lowest BCUT2D eigenvalue weighted by atomic mass is 10.1. The van der Waals surface area contributed by atoms with Crippen molar-refractivity contribution in [3.05, 3.63) is 33.3 Å². The molecule has 0 aliphatic carbocycles. The van der Waals surface area contributed by atoms with Gasteiger partial charge in [-0.3, -0.25) is 4.90 Å². The smallest absolute Gasteiger partial charge is 0.0629 e. The van der Waals surface area contributed by atoms with Gasteiger partial charge >= 0.3 is 0 Å². The number of piperazine rings is 1. The fourth-order valence-electron chi connectivity index (χ4n) is 2.18. The molecule has 1 aliphatic heterocycles. The minimum Gasteiger partial charge on any atom is -0.394 e. The summed E-state index contributed by atoms with van der Waals surface area (Å²) in [7, 11) is 0. The van der Waals surface area contributed by atoms with Crippen LogP contribution in [0.2, 0.25) is 5.02 Å². The van der Waals surface area contributed by atoms with Crippen LogP contribution in [0.5, 0.6) is 0 Å². The highest BCUT2D eigenvalue weighted by atomic mass is 79.9. The van der Waals surface area contributed by atoms with E-state index in [0.29, 0.717) is 5.02 Å². The van der Waals surface area contributed by atoms with Gasteiger partial charge in [0, 0.05) is 35.7 Å². The number of hydrogen-bond donors (Lipinski definition) is 2. The van der Waals surface area contributed by atoms with E-state index in [0.717, 1.165) is 36.2 Å². The van der Waals surface area contributed by atoms with E-state index in [4.69, 9.17) is 11.6 Å². The molecule has 0 bridgehead atoms. The van der Waals surface area contributed by atoms with Crippen molar-refractivity contribution in [2.75, 3.05) is 32.8 Å². The summed E-state index contributed by atoms with van der Waals surface area (Å²) in [6.45, 7) is 3.99. The van der Waals surface area contributed by atoms with E-state index in [1.165, 1.54) is 0 Å². The quantitative estimate of drug-likeness (QED) is 0.895. The molecule has 94 valence electrons. The van der Waals surface area contributed by atoms with Crippen molar-refractivity contribution in [2.24, 2.45) is 0 Å². The molecule has 0 radical (unpaired) electrons. The molecule has 0 aromatic heterocycles. The van der Waals surface area contributed by atoms with E-state index in [1.54, 1.807) is 0 Å². The number of rotatable bonds is 3. The Morgan fingerprint density at radius 3 is 2.71 bits per heavy atom. The summed E-state index contributed by atoms with van der Waals surface area (Å²) in [4.78, 5) is 2.30. The molecule has 1 fully saturated rings. The van der Waals surface area contributed by atoms with Crippen LogP contribution in [0, 0.1) is 0 Å².